The van der Waals surface area contributed by atoms with Gasteiger partial charge >= 0.3 is 5.97 Å². The standard InChI is InChI=1S/C21H17Cl2NO3/c1-26-21(25)17-12-15(24)10-11-19(17)27-20(13-6-8-14(22)9-7-13)16-4-2-3-5-18(16)23/h2-12,20H,24H2,1H3. The minimum atomic E-state index is -0.553. The highest BCUT2D eigenvalue weighted by Crippen LogP contribution is 2.35. The molecular formula is C21H17Cl2NO3. The normalized spacial score (nSPS) is 11.7. The van der Waals surface area contributed by atoms with Crippen molar-refractivity contribution in [2.24, 2.45) is 0 Å². The van der Waals surface area contributed by atoms with Crippen LogP contribution >= 0.6 is 23.2 Å². The van der Waals surface area contributed by atoms with Crippen molar-refractivity contribution in [1.29, 1.82) is 0 Å². The van der Waals surface area contributed by atoms with Gasteiger partial charge in [0.05, 0.1) is 7.11 Å². The van der Waals surface area contributed by atoms with E-state index < -0.39 is 12.1 Å². The summed E-state index contributed by atoms with van der Waals surface area (Å²) in [4.78, 5) is 12.2. The fourth-order valence-corrected chi connectivity index (χ4v) is 3.04. The summed E-state index contributed by atoms with van der Waals surface area (Å²) in [6.45, 7) is 0. The molecule has 0 amide bonds. The molecule has 1 atom stereocenters. The number of carbonyl (C=O) groups is 1. The van der Waals surface area contributed by atoms with Gasteiger partial charge in [0, 0.05) is 21.3 Å². The predicted molar refractivity (Wildman–Crippen MR) is 108 cm³/mol. The van der Waals surface area contributed by atoms with Crippen molar-refractivity contribution in [3.8, 4) is 5.75 Å². The molecule has 3 aromatic rings. The maximum atomic E-state index is 12.2. The fraction of sp³-hybridized carbons (Fsp3) is 0.0952. The van der Waals surface area contributed by atoms with Gasteiger partial charge in [0.15, 0.2) is 6.10 Å². The topological polar surface area (TPSA) is 61.5 Å². The minimum Gasteiger partial charge on any atom is -0.480 e. The van der Waals surface area contributed by atoms with Crippen molar-refractivity contribution >= 4 is 34.9 Å². The Kier molecular flexibility index (Phi) is 5.89. The molecule has 2 N–H and O–H groups in total. The molecule has 0 bridgehead atoms. The van der Waals surface area contributed by atoms with E-state index in [0.717, 1.165) is 11.1 Å². The van der Waals surface area contributed by atoms with Crippen LogP contribution in [-0.2, 0) is 4.74 Å². The monoisotopic (exact) mass is 401 g/mol. The molecule has 0 spiro atoms. The van der Waals surface area contributed by atoms with E-state index in [1.807, 2.05) is 30.3 Å². The number of anilines is 1. The molecule has 0 aromatic heterocycles. The van der Waals surface area contributed by atoms with Crippen LogP contribution < -0.4 is 10.5 Å². The van der Waals surface area contributed by atoms with Gasteiger partial charge in [-0.3, -0.25) is 0 Å². The van der Waals surface area contributed by atoms with Crippen LogP contribution in [0.3, 0.4) is 0 Å². The second-order valence-corrected chi connectivity index (χ2v) is 6.66. The zero-order valence-electron chi connectivity index (χ0n) is 14.5. The number of hydrogen-bond acceptors (Lipinski definition) is 4. The lowest BCUT2D eigenvalue weighted by Gasteiger charge is -2.22. The van der Waals surface area contributed by atoms with Crippen molar-refractivity contribution < 1.29 is 14.3 Å². The van der Waals surface area contributed by atoms with Crippen LogP contribution in [0.25, 0.3) is 0 Å². The Labute approximate surface area is 167 Å². The van der Waals surface area contributed by atoms with E-state index in [1.165, 1.54) is 13.2 Å². The Morgan fingerprint density at radius 2 is 1.70 bits per heavy atom. The largest absolute Gasteiger partial charge is 0.480 e. The Hall–Kier alpha value is -2.69. The molecule has 0 aliphatic carbocycles. The number of nitrogens with two attached hydrogens (primary N) is 1. The maximum absolute atomic E-state index is 12.2. The molecule has 3 rings (SSSR count). The maximum Gasteiger partial charge on any atom is 0.341 e. The van der Waals surface area contributed by atoms with E-state index in [0.29, 0.717) is 21.5 Å². The number of benzene rings is 3. The lowest BCUT2D eigenvalue weighted by atomic mass is 10.0. The highest BCUT2D eigenvalue weighted by atomic mass is 35.5. The summed E-state index contributed by atoms with van der Waals surface area (Å²) in [6, 6.07) is 19.4. The molecule has 3 aromatic carbocycles. The van der Waals surface area contributed by atoms with Crippen molar-refractivity contribution in [3.63, 3.8) is 0 Å². The third kappa shape index (κ3) is 4.35. The van der Waals surface area contributed by atoms with E-state index in [-0.39, 0.29) is 5.56 Å². The quantitative estimate of drug-likeness (QED) is 0.450. The Bertz CT molecular complexity index is 958. The number of esters is 1. The highest BCUT2D eigenvalue weighted by Gasteiger charge is 2.22. The van der Waals surface area contributed by atoms with Gasteiger partial charge in [-0.1, -0.05) is 53.5 Å². The number of methoxy groups -OCH3 is 1. The Morgan fingerprint density at radius 1 is 1.00 bits per heavy atom. The van der Waals surface area contributed by atoms with Gasteiger partial charge in [-0.25, -0.2) is 4.79 Å². The first-order chi connectivity index (χ1) is 13.0. The molecule has 0 aliphatic heterocycles. The Balaban J connectivity index is 2.09. The smallest absolute Gasteiger partial charge is 0.341 e. The zero-order valence-corrected chi connectivity index (χ0v) is 16.0. The minimum absolute atomic E-state index is 0.239. The van der Waals surface area contributed by atoms with Crippen LogP contribution in [0.1, 0.15) is 27.6 Å². The first-order valence-electron chi connectivity index (χ1n) is 8.14. The first kappa shape index (κ1) is 19.1. The van der Waals surface area contributed by atoms with Crippen LogP contribution in [0.5, 0.6) is 5.75 Å². The van der Waals surface area contributed by atoms with Gasteiger partial charge in [-0.2, -0.15) is 0 Å². The van der Waals surface area contributed by atoms with Crippen LogP contribution in [0, 0.1) is 0 Å². The number of hydrogen-bond donors (Lipinski definition) is 1. The van der Waals surface area contributed by atoms with Crippen molar-refractivity contribution in [2.45, 2.75) is 6.10 Å². The zero-order chi connectivity index (χ0) is 19.4. The molecule has 0 radical (unpaired) electrons. The SMILES string of the molecule is COC(=O)c1cc(N)ccc1OC(c1ccc(Cl)cc1)c1ccccc1Cl. The molecule has 4 nitrogen and oxygen atoms in total. The van der Waals surface area contributed by atoms with Gasteiger partial charge in [-0.15, -0.1) is 0 Å². The van der Waals surface area contributed by atoms with Gasteiger partial charge in [0.1, 0.15) is 11.3 Å². The predicted octanol–water partition coefficient (Wildman–Crippen LogP) is 5.53. The van der Waals surface area contributed by atoms with Gasteiger partial charge in [-0.05, 0) is 42.0 Å². The lowest BCUT2D eigenvalue weighted by Crippen LogP contribution is -2.13. The summed E-state index contributed by atoms with van der Waals surface area (Å²) >= 11 is 12.4. The summed E-state index contributed by atoms with van der Waals surface area (Å²) < 4.78 is 11.1. The summed E-state index contributed by atoms with van der Waals surface area (Å²) in [5, 5.41) is 1.16. The summed E-state index contributed by atoms with van der Waals surface area (Å²) in [6.07, 6.45) is -0.553. The summed E-state index contributed by atoms with van der Waals surface area (Å²) in [5.74, 6) is -0.192. The molecule has 27 heavy (non-hydrogen) atoms. The molecule has 6 heteroatoms. The highest BCUT2D eigenvalue weighted by molar-refractivity contribution is 6.31. The summed E-state index contributed by atoms with van der Waals surface area (Å²) in [7, 11) is 1.31. The van der Waals surface area contributed by atoms with Gasteiger partial charge < -0.3 is 15.2 Å². The number of nitrogen functional groups attached to an aromatic ring is 1. The average molecular weight is 402 g/mol. The number of ether oxygens (including phenoxy) is 2. The van der Waals surface area contributed by atoms with Crippen LogP contribution in [0.2, 0.25) is 10.0 Å². The molecular weight excluding hydrogens is 385 g/mol. The van der Waals surface area contributed by atoms with Crippen molar-refractivity contribution in [2.75, 3.05) is 12.8 Å². The van der Waals surface area contributed by atoms with Crippen LogP contribution in [-0.4, -0.2) is 13.1 Å². The third-order valence-corrected chi connectivity index (χ3v) is 4.61. The van der Waals surface area contributed by atoms with E-state index in [2.05, 4.69) is 0 Å². The van der Waals surface area contributed by atoms with E-state index in [9.17, 15) is 4.79 Å². The molecule has 0 fully saturated rings. The van der Waals surface area contributed by atoms with Gasteiger partial charge in [0.25, 0.3) is 0 Å². The Morgan fingerprint density at radius 3 is 2.37 bits per heavy atom. The van der Waals surface area contributed by atoms with E-state index in [1.54, 1.807) is 30.3 Å². The molecule has 1 unspecified atom stereocenters. The number of carbonyl (C=O) groups excluding carboxylic acids is 1. The van der Waals surface area contributed by atoms with E-state index in [4.69, 9.17) is 38.4 Å². The van der Waals surface area contributed by atoms with Crippen molar-refractivity contribution in [1.82, 2.24) is 0 Å². The lowest BCUT2D eigenvalue weighted by molar-refractivity contribution is 0.0594. The number of rotatable bonds is 5. The number of halogens is 2. The van der Waals surface area contributed by atoms with Crippen LogP contribution in [0.15, 0.2) is 66.7 Å². The molecule has 0 heterocycles. The first-order valence-corrected chi connectivity index (χ1v) is 8.89. The third-order valence-electron chi connectivity index (χ3n) is 4.01. The van der Waals surface area contributed by atoms with E-state index >= 15 is 0 Å². The average Bonchev–Trinajstić information content (AvgIpc) is 2.68. The van der Waals surface area contributed by atoms with Crippen LogP contribution in [0.4, 0.5) is 5.69 Å². The second-order valence-electron chi connectivity index (χ2n) is 5.82. The molecule has 0 aliphatic rings. The molecule has 138 valence electrons. The molecule has 0 saturated carbocycles. The molecule has 0 saturated heterocycles. The summed E-state index contributed by atoms with van der Waals surface area (Å²) in [5.41, 5.74) is 8.08. The second kappa shape index (κ2) is 8.33. The van der Waals surface area contributed by atoms with Gasteiger partial charge in [0.2, 0.25) is 0 Å². The van der Waals surface area contributed by atoms with Crippen molar-refractivity contribution in [3.05, 3.63) is 93.5 Å². The fourth-order valence-electron chi connectivity index (χ4n) is 2.68.